The van der Waals surface area contributed by atoms with Crippen LogP contribution in [0, 0.1) is 34.6 Å². The molecule has 28 heavy (non-hydrogen) atoms. The molecule has 6 heteroatoms. The van der Waals surface area contributed by atoms with Crippen LogP contribution in [0.1, 0.15) is 38.6 Å². The number of benzene rings is 1. The monoisotopic (exact) mass is 383 g/mol. The molecule has 1 aliphatic rings. The standard InChI is InChI=1S/C22H29N3O3/c1-14-7-6-8-15(2)21(14)23-19(26)13-24-9-11-25(12-10-24)22(27)20-16(3)17(4)28-18(20)5/h6-8H,9-13H2,1-5H3,(H,23,26). The minimum atomic E-state index is -0.0191. The highest BCUT2D eigenvalue weighted by molar-refractivity contribution is 5.97. The second kappa shape index (κ2) is 8.19. The van der Waals surface area contributed by atoms with Crippen LogP contribution in [-0.4, -0.2) is 54.3 Å². The summed E-state index contributed by atoms with van der Waals surface area (Å²) in [5, 5.41) is 3.03. The van der Waals surface area contributed by atoms with Crippen molar-refractivity contribution in [2.45, 2.75) is 34.6 Å². The summed E-state index contributed by atoms with van der Waals surface area (Å²) < 4.78 is 5.60. The fourth-order valence-electron chi connectivity index (χ4n) is 3.77. The van der Waals surface area contributed by atoms with Gasteiger partial charge in [-0.1, -0.05) is 18.2 Å². The summed E-state index contributed by atoms with van der Waals surface area (Å²) in [7, 11) is 0. The molecule has 1 fully saturated rings. The Morgan fingerprint density at radius 2 is 1.57 bits per heavy atom. The fourth-order valence-corrected chi connectivity index (χ4v) is 3.77. The lowest BCUT2D eigenvalue weighted by molar-refractivity contribution is -0.117. The molecule has 1 aliphatic heterocycles. The molecule has 2 aromatic rings. The number of amides is 2. The van der Waals surface area contributed by atoms with Gasteiger partial charge in [-0.3, -0.25) is 14.5 Å². The van der Waals surface area contributed by atoms with Gasteiger partial charge in [0.25, 0.3) is 5.91 Å². The van der Waals surface area contributed by atoms with E-state index >= 15 is 0 Å². The van der Waals surface area contributed by atoms with Crippen molar-refractivity contribution >= 4 is 17.5 Å². The molecule has 0 saturated carbocycles. The first-order valence-electron chi connectivity index (χ1n) is 9.72. The molecule has 6 nitrogen and oxygen atoms in total. The molecule has 1 aromatic heterocycles. The summed E-state index contributed by atoms with van der Waals surface area (Å²) in [4.78, 5) is 29.3. The van der Waals surface area contributed by atoms with E-state index in [0.29, 0.717) is 44.0 Å². The van der Waals surface area contributed by atoms with Crippen LogP contribution < -0.4 is 5.32 Å². The number of nitrogens with one attached hydrogen (secondary N) is 1. The third-order valence-corrected chi connectivity index (χ3v) is 5.55. The molecule has 0 unspecified atom stereocenters. The van der Waals surface area contributed by atoms with E-state index in [1.54, 1.807) is 0 Å². The van der Waals surface area contributed by atoms with Crippen molar-refractivity contribution in [3.8, 4) is 0 Å². The Morgan fingerprint density at radius 1 is 0.964 bits per heavy atom. The molecule has 0 radical (unpaired) electrons. The molecular weight excluding hydrogens is 354 g/mol. The number of nitrogens with zero attached hydrogens (tertiary/aromatic N) is 2. The summed E-state index contributed by atoms with van der Waals surface area (Å²) in [6.07, 6.45) is 0. The molecular formula is C22H29N3O3. The van der Waals surface area contributed by atoms with E-state index in [-0.39, 0.29) is 11.8 Å². The topological polar surface area (TPSA) is 65.8 Å². The Bertz CT molecular complexity index is 872. The first kappa shape index (κ1) is 20.1. The number of aryl methyl sites for hydroxylation is 4. The third kappa shape index (κ3) is 4.12. The van der Waals surface area contributed by atoms with E-state index in [1.807, 2.05) is 57.7 Å². The van der Waals surface area contributed by atoms with Crippen molar-refractivity contribution in [3.63, 3.8) is 0 Å². The average Bonchev–Trinajstić information content (AvgIpc) is 2.90. The van der Waals surface area contributed by atoms with Crippen LogP contribution in [0.15, 0.2) is 22.6 Å². The molecule has 2 heterocycles. The Hall–Kier alpha value is -2.60. The van der Waals surface area contributed by atoms with E-state index in [2.05, 4.69) is 10.2 Å². The van der Waals surface area contributed by atoms with Crippen LogP contribution in [0.4, 0.5) is 5.69 Å². The molecule has 0 aliphatic carbocycles. The average molecular weight is 383 g/mol. The summed E-state index contributed by atoms with van der Waals surface area (Å²) in [5.74, 6) is 1.47. The molecule has 150 valence electrons. The predicted octanol–water partition coefficient (Wildman–Crippen LogP) is 3.22. The third-order valence-electron chi connectivity index (χ3n) is 5.55. The van der Waals surface area contributed by atoms with Gasteiger partial charge in [0.15, 0.2) is 0 Å². The molecule has 2 amide bonds. The van der Waals surface area contributed by atoms with Gasteiger partial charge in [0.1, 0.15) is 11.5 Å². The fraction of sp³-hybridized carbons (Fsp3) is 0.455. The summed E-state index contributed by atoms with van der Waals surface area (Å²) >= 11 is 0. The van der Waals surface area contributed by atoms with Crippen molar-refractivity contribution < 1.29 is 14.0 Å². The molecule has 1 saturated heterocycles. The number of carbonyl (C=O) groups is 2. The van der Waals surface area contributed by atoms with Crippen LogP contribution in [0.2, 0.25) is 0 Å². The Kier molecular flexibility index (Phi) is 5.89. The zero-order valence-corrected chi connectivity index (χ0v) is 17.4. The predicted molar refractivity (Wildman–Crippen MR) is 110 cm³/mol. The molecule has 1 aromatic carbocycles. The molecule has 0 bridgehead atoms. The van der Waals surface area contributed by atoms with E-state index in [4.69, 9.17) is 4.42 Å². The maximum Gasteiger partial charge on any atom is 0.257 e. The van der Waals surface area contributed by atoms with Crippen molar-refractivity contribution in [3.05, 3.63) is 52.0 Å². The number of rotatable bonds is 4. The van der Waals surface area contributed by atoms with Gasteiger partial charge in [-0.15, -0.1) is 0 Å². The first-order valence-corrected chi connectivity index (χ1v) is 9.72. The van der Waals surface area contributed by atoms with Gasteiger partial charge in [0, 0.05) is 37.4 Å². The second-order valence-electron chi connectivity index (χ2n) is 7.60. The van der Waals surface area contributed by atoms with Gasteiger partial charge in [0.05, 0.1) is 12.1 Å². The van der Waals surface area contributed by atoms with E-state index in [0.717, 1.165) is 28.1 Å². The number of hydrogen-bond acceptors (Lipinski definition) is 4. The van der Waals surface area contributed by atoms with Crippen LogP contribution in [0.25, 0.3) is 0 Å². The smallest absolute Gasteiger partial charge is 0.257 e. The van der Waals surface area contributed by atoms with Crippen LogP contribution in [0.3, 0.4) is 0 Å². The van der Waals surface area contributed by atoms with Crippen molar-refractivity contribution in [2.75, 3.05) is 38.0 Å². The van der Waals surface area contributed by atoms with E-state index in [9.17, 15) is 9.59 Å². The zero-order chi connectivity index (χ0) is 20.4. The highest BCUT2D eigenvalue weighted by Crippen LogP contribution is 2.23. The maximum absolute atomic E-state index is 12.9. The maximum atomic E-state index is 12.9. The zero-order valence-electron chi connectivity index (χ0n) is 17.4. The van der Waals surface area contributed by atoms with Gasteiger partial charge in [-0.05, 0) is 45.7 Å². The van der Waals surface area contributed by atoms with Gasteiger partial charge >= 0.3 is 0 Å². The minimum absolute atomic E-state index is 0.0191. The minimum Gasteiger partial charge on any atom is -0.466 e. The van der Waals surface area contributed by atoms with E-state index in [1.165, 1.54) is 0 Å². The number of carbonyl (C=O) groups excluding carboxylic acids is 2. The van der Waals surface area contributed by atoms with Crippen molar-refractivity contribution in [1.82, 2.24) is 9.80 Å². The SMILES string of the molecule is Cc1cccc(C)c1NC(=O)CN1CCN(C(=O)c2c(C)oc(C)c2C)CC1. The first-order chi connectivity index (χ1) is 13.3. The van der Waals surface area contributed by atoms with Gasteiger partial charge < -0.3 is 14.6 Å². The highest BCUT2D eigenvalue weighted by atomic mass is 16.3. The highest BCUT2D eigenvalue weighted by Gasteiger charge is 2.27. The summed E-state index contributed by atoms with van der Waals surface area (Å²) in [6, 6.07) is 5.98. The lowest BCUT2D eigenvalue weighted by Crippen LogP contribution is -2.50. The lowest BCUT2D eigenvalue weighted by atomic mass is 10.1. The molecule has 0 spiro atoms. The normalized spacial score (nSPS) is 15.0. The van der Waals surface area contributed by atoms with Gasteiger partial charge in [0.2, 0.25) is 5.91 Å². The number of furan rings is 1. The van der Waals surface area contributed by atoms with Crippen molar-refractivity contribution in [1.29, 1.82) is 0 Å². The summed E-state index contributed by atoms with van der Waals surface area (Å²) in [6.45, 7) is 12.5. The number of piperazine rings is 1. The Morgan fingerprint density at radius 3 is 2.11 bits per heavy atom. The number of anilines is 1. The number of para-hydroxylation sites is 1. The molecule has 0 atom stereocenters. The molecule has 1 N–H and O–H groups in total. The lowest BCUT2D eigenvalue weighted by Gasteiger charge is -2.34. The number of hydrogen-bond donors (Lipinski definition) is 1. The quantitative estimate of drug-likeness (QED) is 0.880. The molecule has 3 rings (SSSR count). The van der Waals surface area contributed by atoms with Crippen LogP contribution in [-0.2, 0) is 4.79 Å². The van der Waals surface area contributed by atoms with Crippen LogP contribution >= 0.6 is 0 Å². The van der Waals surface area contributed by atoms with Gasteiger partial charge in [-0.2, -0.15) is 0 Å². The van der Waals surface area contributed by atoms with E-state index < -0.39 is 0 Å². The van der Waals surface area contributed by atoms with Crippen LogP contribution in [0.5, 0.6) is 0 Å². The summed E-state index contributed by atoms with van der Waals surface area (Å²) in [5.41, 5.74) is 4.61. The largest absolute Gasteiger partial charge is 0.466 e. The Balaban J connectivity index is 1.55. The van der Waals surface area contributed by atoms with Gasteiger partial charge in [-0.25, -0.2) is 0 Å². The van der Waals surface area contributed by atoms with Crippen molar-refractivity contribution in [2.24, 2.45) is 0 Å². The second-order valence-corrected chi connectivity index (χ2v) is 7.60. The Labute approximate surface area is 166 Å².